The van der Waals surface area contributed by atoms with Crippen molar-refractivity contribution in [3.05, 3.63) is 132 Å². The molecular formula is C37H36N3O2S2+. The number of esters is 1. The Labute approximate surface area is 267 Å². The molecule has 0 fully saturated rings. The van der Waals surface area contributed by atoms with Gasteiger partial charge in [-0.25, -0.2) is 13.9 Å². The molecule has 0 aliphatic carbocycles. The van der Waals surface area contributed by atoms with Crippen molar-refractivity contribution in [1.29, 1.82) is 0 Å². The van der Waals surface area contributed by atoms with E-state index in [4.69, 9.17) is 4.74 Å². The lowest BCUT2D eigenvalue weighted by Crippen LogP contribution is -2.23. The first-order chi connectivity index (χ1) is 21.6. The van der Waals surface area contributed by atoms with Gasteiger partial charge in [-0.1, -0.05) is 36.4 Å². The van der Waals surface area contributed by atoms with Crippen LogP contribution in [0.15, 0.2) is 127 Å². The third-order valence-electron chi connectivity index (χ3n) is 7.59. The molecule has 0 radical (unpaired) electrons. The molecule has 0 unspecified atom stereocenters. The normalized spacial score (nSPS) is 11.0. The number of thiophene rings is 2. The minimum Gasteiger partial charge on any atom is -0.462 e. The van der Waals surface area contributed by atoms with Crippen molar-refractivity contribution < 1.29 is 14.1 Å². The molecule has 0 amide bonds. The Morgan fingerprint density at radius 1 is 0.727 bits per heavy atom. The van der Waals surface area contributed by atoms with Crippen LogP contribution in [0.4, 0.5) is 17.1 Å². The van der Waals surface area contributed by atoms with Crippen molar-refractivity contribution in [2.45, 2.75) is 32.2 Å². The summed E-state index contributed by atoms with van der Waals surface area (Å²) in [5.41, 5.74) is 6.04. The third-order valence-corrected chi connectivity index (χ3v) is 9.43. The summed E-state index contributed by atoms with van der Waals surface area (Å²) in [5, 5.41) is 4.20. The van der Waals surface area contributed by atoms with Crippen molar-refractivity contribution in [2.75, 3.05) is 11.5 Å². The highest BCUT2D eigenvalue weighted by Crippen LogP contribution is 2.37. The van der Waals surface area contributed by atoms with E-state index in [1.165, 1.54) is 20.9 Å². The summed E-state index contributed by atoms with van der Waals surface area (Å²) in [6.07, 6.45) is 10.4. The number of ether oxygens (including phenoxy) is 1. The zero-order valence-electron chi connectivity index (χ0n) is 24.8. The Bertz CT molecular complexity index is 1660. The van der Waals surface area contributed by atoms with Gasteiger partial charge >= 0.3 is 5.97 Å². The largest absolute Gasteiger partial charge is 0.462 e. The molecule has 0 aliphatic heterocycles. The molecule has 5 nitrogen and oxygen atoms in total. The van der Waals surface area contributed by atoms with E-state index < -0.39 is 0 Å². The van der Waals surface area contributed by atoms with E-state index in [0.717, 1.165) is 49.3 Å². The van der Waals surface area contributed by atoms with Crippen molar-refractivity contribution in [3.8, 4) is 20.9 Å². The second-order valence-electron chi connectivity index (χ2n) is 10.8. The fourth-order valence-corrected chi connectivity index (χ4v) is 6.73. The zero-order chi connectivity index (χ0) is 30.1. The number of rotatable bonds is 13. The summed E-state index contributed by atoms with van der Waals surface area (Å²) in [7, 11) is 2.03. The number of anilines is 3. The number of unbranched alkanes of at least 4 members (excludes halogenated alkanes) is 3. The van der Waals surface area contributed by atoms with Gasteiger partial charge in [0.1, 0.15) is 12.4 Å². The summed E-state index contributed by atoms with van der Waals surface area (Å²) in [6, 6.07) is 33.5. The highest BCUT2D eigenvalue weighted by atomic mass is 32.1. The molecule has 6 aromatic rings. The van der Waals surface area contributed by atoms with Crippen LogP contribution in [0.2, 0.25) is 0 Å². The quantitative estimate of drug-likeness (QED) is 0.0735. The topological polar surface area (TPSA) is 38.4 Å². The van der Waals surface area contributed by atoms with Gasteiger partial charge in [0.15, 0.2) is 0 Å². The average molecular weight is 619 g/mol. The summed E-state index contributed by atoms with van der Waals surface area (Å²) >= 11 is 3.48. The number of hydrogen-bond donors (Lipinski definition) is 0. The molecule has 0 saturated heterocycles. The van der Waals surface area contributed by atoms with Crippen LogP contribution in [-0.4, -0.2) is 17.1 Å². The number of aryl methyl sites for hydroxylation is 2. The van der Waals surface area contributed by atoms with E-state index in [1.807, 2.05) is 31.3 Å². The Hall–Kier alpha value is -4.46. The summed E-state index contributed by atoms with van der Waals surface area (Å²) in [5.74, 6) is -0.274. The molecule has 0 aliphatic rings. The van der Waals surface area contributed by atoms with Gasteiger partial charge in [-0.2, -0.15) is 0 Å². The number of hydrogen-bond acceptors (Lipinski definition) is 5. The first-order valence-electron chi connectivity index (χ1n) is 15.0. The van der Waals surface area contributed by atoms with E-state index in [2.05, 4.69) is 116 Å². The summed E-state index contributed by atoms with van der Waals surface area (Å²) in [4.78, 5) is 17.5. The van der Waals surface area contributed by atoms with E-state index >= 15 is 0 Å². The maximum Gasteiger partial charge on any atom is 0.338 e. The molecule has 3 aromatic carbocycles. The molecule has 44 heavy (non-hydrogen) atoms. The summed E-state index contributed by atoms with van der Waals surface area (Å²) in [6.45, 7) is 1.46. The number of nitrogens with zero attached hydrogens (tertiary/aromatic N) is 3. The van der Waals surface area contributed by atoms with Crippen LogP contribution < -0.4 is 9.47 Å². The number of imidazole rings is 1. The maximum absolute atomic E-state index is 12.8. The molecule has 7 heteroatoms. The van der Waals surface area contributed by atoms with Crippen molar-refractivity contribution in [1.82, 2.24) is 4.57 Å². The van der Waals surface area contributed by atoms with E-state index in [9.17, 15) is 4.79 Å². The Balaban J connectivity index is 1.11. The fourth-order valence-electron chi connectivity index (χ4n) is 5.26. The number of aromatic nitrogens is 2. The molecule has 0 atom stereocenters. The number of benzene rings is 3. The standard InChI is InChI=1S/C37H36N3O2S2/c1-38-23-24-39(28-38)22-4-2-3-5-25-42-37(41)31-14-20-34(21-15-31)40(32-16-10-29(11-17-32)35-8-6-26-43-35)33-18-12-30(13-19-33)36-9-7-27-44-36/h6-21,23-24,26-28H,2-5,22,25H2,1H3/q+1. The predicted octanol–water partition coefficient (Wildman–Crippen LogP) is 9.66. The second-order valence-corrected chi connectivity index (χ2v) is 12.7. The Morgan fingerprint density at radius 2 is 1.27 bits per heavy atom. The molecule has 0 N–H and O–H groups in total. The van der Waals surface area contributed by atoms with E-state index in [-0.39, 0.29) is 5.97 Å². The third kappa shape index (κ3) is 7.36. The maximum atomic E-state index is 12.8. The SMILES string of the molecule is C[n+]1ccn(CCCCCCOC(=O)c2ccc(N(c3ccc(-c4cccs4)cc3)c3ccc(-c4cccs4)cc3)cc2)c1. The van der Waals surface area contributed by atoms with Gasteiger partial charge in [0.05, 0.1) is 25.8 Å². The van der Waals surface area contributed by atoms with Gasteiger partial charge < -0.3 is 9.64 Å². The molecule has 3 heterocycles. The molecule has 222 valence electrons. The van der Waals surface area contributed by atoms with Crippen molar-refractivity contribution in [2.24, 2.45) is 7.05 Å². The minimum atomic E-state index is -0.274. The minimum absolute atomic E-state index is 0.274. The Kier molecular flexibility index (Phi) is 9.65. The number of carbonyl (C=O) groups is 1. The van der Waals surface area contributed by atoms with Gasteiger partial charge in [-0.3, -0.25) is 0 Å². The average Bonchev–Trinajstić information content (AvgIpc) is 3.86. The van der Waals surface area contributed by atoms with Crippen LogP contribution >= 0.6 is 22.7 Å². The Morgan fingerprint density at radius 3 is 1.77 bits per heavy atom. The van der Waals surface area contributed by atoms with Crippen LogP contribution in [0.25, 0.3) is 20.9 Å². The fraction of sp³-hybridized carbons (Fsp3) is 0.189. The van der Waals surface area contributed by atoms with Crippen LogP contribution in [0.5, 0.6) is 0 Å². The molecule has 0 bridgehead atoms. The van der Waals surface area contributed by atoms with Gasteiger partial charge in [0.2, 0.25) is 6.33 Å². The smallest absolute Gasteiger partial charge is 0.338 e. The highest BCUT2D eigenvalue weighted by Gasteiger charge is 2.15. The highest BCUT2D eigenvalue weighted by molar-refractivity contribution is 7.13. The lowest BCUT2D eigenvalue weighted by Gasteiger charge is -2.26. The molecule has 3 aromatic heterocycles. The van der Waals surface area contributed by atoms with Crippen molar-refractivity contribution in [3.63, 3.8) is 0 Å². The van der Waals surface area contributed by atoms with E-state index in [0.29, 0.717) is 12.2 Å². The predicted molar refractivity (Wildman–Crippen MR) is 182 cm³/mol. The van der Waals surface area contributed by atoms with Gasteiger partial charge in [0, 0.05) is 26.8 Å². The second kappa shape index (κ2) is 14.3. The van der Waals surface area contributed by atoms with Gasteiger partial charge in [-0.05, 0) is 108 Å². The number of carbonyl (C=O) groups excluding carboxylic acids is 1. The van der Waals surface area contributed by atoms with Gasteiger partial charge in [-0.15, -0.1) is 22.7 Å². The summed E-state index contributed by atoms with van der Waals surface area (Å²) < 4.78 is 9.86. The zero-order valence-corrected chi connectivity index (χ0v) is 26.5. The van der Waals surface area contributed by atoms with Gasteiger partial charge in [0.25, 0.3) is 0 Å². The van der Waals surface area contributed by atoms with Crippen LogP contribution in [0.1, 0.15) is 36.0 Å². The van der Waals surface area contributed by atoms with Crippen molar-refractivity contribution >= 4 is 45.7 Å². The molecule has 0 saturated carbocycles. The van der Waals surface area contributed by atoms with Crippen LogP contribution in [0.3, 0.4) is 0 Å². The van der Waals surface area contributed by atoms with Crippen LogP contribution in [-0.2, 0) is 18.3 Å². The lowest BCUT2D eigenvalue weighted by atomic mass is 10.1. The first-order valence-corrected chi connectivity index (χ1v) is 16.8. The van der Waals surface area contributed by atoms with E-state index in [1.54, 1.807) is 22.7 Å². The lowest BCUT2D eigenvalue weighted by molar-refractivity contribution is -0.671. The first kappa shape index (κ1) is 29.6. The monoisotopic (exact) mass is 618 g/mol. The molecular weight excluding hydrogens is 583 g/mol. The van der Waals surface area contributed by atoms with Crippen LogP contribution in [0, 0.1) is 0 Å². The molecule has 0 spiro atoms. The molecule has 6 rings (SSSR count).